The second-order valence-corrected chi connectivity index (χ2v) is 4.40. The summed E-state index contributed by atoms with van der Waals surface area (Å²) in [4.78, 5) is 45.9. The maximum absolute atomic E-state index is 11.9. The van der Waals surface area contributed by atoms with Gasteiger partial charge in [0.05, 0.1) is 13.2 Å². The number of ether oxygens (including phenoxy) is 1. The molecule has 8 heteroatoms. The van der Waals surface area contributed by atoms with Crippen molar-refractivity contribution in [2.45, 2.75) is 26.7 Å². The van der Waals surface area contributed by atoms with Crippen LogP contribution in [-0.2, 0) is 19.1 Å². The number of hydrogen-bond donors (Lipinski definition) is 3. The second-order valence-electron chi connectivity index (χ2n) is 4.40. The third-order valence-electron chi connectivity index (χ3n) is 3.23. The van der Waals surface area contributed by atoms with Crippen LogP contribution in [0.15, 0.2) is 0 Å². The number of carbonyl (C=O) groups is 4. The summed E-state index contributed by atoms with van der Waals surface area (Å²) in [5.74, 6) is -1.61. The van der Waals surface area contributed by atoms with Gasteiger partial charge in [-0.3, -0.25) is 25.0 Å². The van der Waals surface area contributed by atoms with E-state index in [-0.39, 0.29) is 25.9 Å². The number of esters is 1. The summed E-state index contributed by atoms with van der Waals surface area (Å²) in [5, 5.41) is 6.99. The van der Waals surface area contributed by atoms with E-state index < -0.39 is 29.2 Å². The highest BCUT2D eigenvalue weighted by atomic mass is 16.5. The molecular formula is C12H19N3O5. The van der Waals surface area contributed by atoms with Crippen molar-refractivity contribution in [3.05, 3.63) is 0 Å². The summed E-state index contributed by atoms with van der Waals surface area (Å²) in [6.45, 7) is 3.99. The Morgan fingerprint density at radius 3 is 2.30 bits per heavy atom. The zero-order valence-electron chi connectivity index (χ0n) is 11.6. The summed E-state index contributed by atoms with van der Waals surface area (Å²) in [6.07, 6.45) is 0.451. The van der Waals surface area contributed by atoms with Crippen LogP contribution in [0, 0.1) is 5.41 Å². The number of imide groups is 2. The number of amides is 4. The largest absolute Gasteiger partial charge is 0.465 e. The molecule has 1 aliphatic heterocycles. The van der Waals surface area contributed by atoms with Crippen LogP contribution in [0.1, 0.15) is 26.7 Å². The molecule has 112 valence electrons. The van der Waals surface area contributed by atoms with Crippen molar-refractivity contribution in [3.8, 4) is 0 Å². The second kappa shape index (κ2) is 6.99. The lowest BCUT2D eigenvalue weighted by Crippen LogP contribution is -2.62. The monoisotopic (exact) mass is 285 g/mol. The van der Waals surface area contributed by atoms with Gasteiger partial charge in [-0.25, -0.2) is 4.79 Å². The first-order valence-corrected chi connectivity index (χ1v) is 6.49. The third-order valence-corrected chi connectivity index (χ3v) is 3.23. The zero-order chi connectivity index (χ0) is 15.2. The van der Waals surface area contributed by atoms with Crippen LogP contribution in [0.25, 0.3) is 0 Å². The molecule has 0 unspecified atom stereocenters. The molecule has 1 saturated heterocycles. The van der Waals surface area contributed by atoms with Gasteiger partial charge in [0, 0.05) is 0 Å². The maximum atomic E-state index is 11.9. The van der Waals surface area contributed by atoms with Gasteiger partial charge in [0.15, 0.2) is 0 Å². The fraction of sp³-hybridized carbons (Fsp3) is 0.667. The molecule has 0 saturated carbocycles. The Kier molecular flexibility index (Phi) is 5.63. The van der Waals surface area contributed by atoms with Crippen LogP contribution < -0.4 is 16.0 Å². The first-order chi connectivity index (χ1) is 9.46. The van der Waals surface area contributed by atoms with E-state index in [1.165, 1.54) is 0 Å². The molecule has 0 bridgehead atoms. The zero-order valence-corrected chi connectivity index (χ0v) is 11.6. The van der Waals surface area contributed by atoms with E-state index in [4.69, 9.17) is 4.74 Å². The highest BCUT2D eigenvalue weighted by Crippen LogP contribution is 2.28. The Hall–Kier alpha value is -1.96. The summed E-state index contributed by atoms with van der Waals surface area (Å²) >= 11 is 0. The summed E-state index contributed by atoms with van der Waals surface area (Å²) < 4.78 is 4.74. The average molecular weight is 285 g/mol. The summed E-state index contributed by atoms with van der Waals surface area (Å²) in [5.41, 5.74) is -1.28. The van der Waals surface area contributed by atoms with Crippen LogP contribution >= 0.6 is 0 Å². The van der Waals surface area contributed by atoms with Gasteiger partial charge in [-0.05, 0) is 26.3 Å². The van der Waals surface area contributed by atoms with E-state index in [1.54, 1.807) is 13.8 Å². The molecule has 20 heavy (non-hydrogen) atoms. The third kappa shape index (κ3) is 3.53. The lowest BCUT2D eigenvalue weighted by Gasteiger charge is -2.32. The minimum Gasteiger partial charge on any atom is -0.465 e. The Morgan fingerprint density at radius 1 is 1.20 bits per heavy atom. The smallest absolute Gasteiger partial charge is 0.328 e. The topological polar surface area (TPSA) is 114 Å². The van der Waals surface area contributed by atoms with E-state index in [1.807, 2.05) is 0 Å². The predicted octanol–water partition coefficient (Wildman–Crippen LogP) is -0.708. The minimum atomic E-state index is -1.28. The molecule has 3 N–H and O–H groups in total. The SMILES string of the molecule is CCOC(=O)CNCCC1(CC)C(=O)NC(=O)NC1=O. The van der Waals surface area contributed by atoms with E-state index in [2.05, 4.69) is 16.0 Å². The first-order valence-electron chi connectivity index (χ1n) is 6.49. The van der Waals surface area contributed by atoms with E-state index in [0.29, 0.717) is 6.61 Å². The Morgan fingerprint density at radius 2 is 1.80 bits per heavy atom. The van der Waals surface area contributed by atoms with Crippen LogP contribution in [-0.4, -0.2) is 43.5 Å². The van der Waals surface area contributed by atoms with Gasteiger partial charge in [0.1, 0.15) is 5.41 Å². The van der Waals surface area contributed by atoms with E-state index in [9.17, 15) is 19.2 Å². The van der Waals surface area contributed by atoms with Crippen molar-refractivity contribution in [1.82, 2.24) is 16.0 Å². The quantitative estimate of drug-likeness (QED) is 0.323. The molecule has 0 aromatic carbocycles. The molecule has 1 heterocycles. The van der Waals surface area contributed by atoms with Gasteiger partial charge in [0.2, 0.25) is 11.8 Å². The highest BCUT2D eigenvalue weighted by molar-refractivity contribution is 6.19. The maximum Gasteiger partial charge on any atom is 0.328 e. The average Bonchev–Trinajstić information content (AvgIpc) is 2.37. The van der Waals surface area contributed by atoms with Crippen LogP contribution in [0.3, 0.4) is 0 Å². The molecule has 0 atom stereocenters. The molecule has 1 rings (SSSR count). The molecule has 1 aliphatic rings. The Bertz CT molecular complexity index is 401. The minimum absolute atomic E-state index is 0.00973. The van der Waals surface area contributed by atoms with Gasteiger partial charge in [-0.2, -0.15) is 0 Å². The Labute approximate surface area is 116 Å². The number of rotatable bonds is 7. The fourth-order valence-electron chi connectivity index (χ4n) is 2.01. The number of nitrogens with one attached hydrogen (secondary N) is 3. The molecule has 8 nitrogen and oxygen atoms in total. The van der Waals surface area contributed by atoms with Crippen molar-refractivity contribution in [1.29, 1.82) is 0 Å². The lowest BCUT2D eigenvalue weighted by atomic mass is 9.78. The van der Waals surface area contributed by atoms with Gasteiger partial charge < -0.3 is 10.1 Å². The summed E-state index contributed by atoms with van der Waals surface area (Å²) in [7, 11) is 0. The molecular weight excluding hydrogens is 266 g/mol. The molecule has 4 amide bonds. The van der Waals surface area contributed by atoms with Crippen molar-refractivity contribution in [2.24, 2.45) is 5.41 Å². The van der Waals surface area contributed by atoms with Gasteiger partial charge >= 0.3 is 12.0 Å². The van der Waals surface area contributed by atoms with Gasteiger partial charge in [0.25, 0.3) is 0 Å². The lowest BCUT2D eigenvalue weighted by molar-refractivity contribution is -0.145. The Balaban J connectivity index is 2.53. The van der Waals surface area contributed by atoms with Crippen LogP contribution in [0.4, 0.5) is 4.79 Å². The van der Waals surface area contributed by atoms with Crippen molar-refractivity contribution < 1.29 is 23.9 Å². The standard InChI is InChI=1S/C12H19N3O5/c1-3-12(5-6-13-7-8(16)20-4-2)9(17)14-11(19)15-10(12)18/h13H,3-7H2,1-2H3,(H2,14,15,17,18,19). The predicted molar refractivity (Wildman–Crippen MR) is 68.5 cm³/mol. The highest BCUT2D eigenvalue weighted by Gasteiger charge is 2.48. The van der Waals surface area contributed by atoms with Gasteiger partial charge in [-0.1, -0.05) is 6.92 Å². The summed E-state index contributed by atoms with van der Waals surface area (Å²) in [6, 6.07) is -0.802. The van der Waals surface area contributed by atoms with E-state index >= 15 is 0 Å². The molecule has 0 aromatic rings. The normalized spacial score (nSPS) is 17.4. The van der Waals surface area contributed by atoms with Crippen molar-refractivity contribution >= 4 is 23.8 Å². The molecule has 0 aromatic heterocycles. The number of hydrogen-bond acceptors (Lipinski definition) is 6. The number of carbonyl (C=O) groups excluding carboxylic acids is 4. The molecule has 0 spiro atoms. The number of barbiturate groups is 1. The van der Waals surface area contributed by atoms with Crippen molar-refractivity contribution in [3.63, 3.8) is 0 Å². The van der Waals surface area contributed by atoms with E-state index in [0.717, 1.165) is 0 Å². The molecule has 0 radical (unpaired) electrons. The number of urea groups is 1. The van der Waals surface area contributed by atoms with Gasteiger partial charge in [-0.15, -0.1) is 0 Å². The van der Waals surface area contributed by atoms with Crippen molar-refractivity contribution in [2.75, 3.05) is 19.7 Å². The van der Waals surface area contributed by atoms with Crippen LogP contribution in [0.2, 0.25) is 0 Å². The molecule has 0 aliphatic carbocycles. The first kappa shape index (κ1) is 16.1. The van der Waals surface area contributed by atoms with Crippen LogP contribution in [0.5, 0.6) is 0 Å². The fourth-order valence-corrected chi connectivity index (χ4v) is 2.01. The molecule has 1 fully saturated rings.